The van der Waals surface area contributed by atoms with Gasteiger partial charge in [0.25, 0.3) is 5.91 Å². The summed E-state index contributed by atoms with van der Waals surface area (Å²) >= 11 is 0. The van der Waals surface area contributed by atoms with Crippen LogP contribution in [0.4, 0.5) is 4.79 Å². The van der Waals surface area contributed by atoms with Gasteiger partial charge in [0.2, 0.25) is 6.79 Å². The number of hydrogen-bond acceptors (Lipinski definition) is 5. The normalized spacial score (nSPS) is 23.3. The monoisotopic (exact) mass is 393 g/mol. The van der Waals surface area contributed by atoms with Crippen LogP contribution in [0.15, 0.2) is 53.5 Å². The van der Waals surface area contributed by atoms with Crippen LogP contribution < -0.4 is 9.47 Å². The van der Waals surface area contributed by atoms with Gasteiger partial charge in [0, 0.05) is 13.1 Å². The Morgan fingerprint density at radius 2 is 1.93 bits per heavy atom. The first-order valence-corrected chi connectivity index (χ1v) is 9.44. The van der Waals surface area contributed by atoms with Crippen molar-refractivity contribution in [2.45, 2.75) is 18.5 Å². The van der Waals surface area contributed by atoms with E-state index in [1.807, 2.05) is 35.2 Å². The molecule has 0 saturated carbocycles. The molecule has 6 rings (SSSR count). The molecule has 148 valence electrons. The molecule has 8 nitrogen and oxygen atoms in total. The molecule has 0 aromatic heterocycles. The zero-order valence-corrected chi connectivity index (χ0v) is 15.5. The average molecular weight is 393 g/mol. The minimum atomic E-state index is -1.25. The quantitative estimate of drug-likeness (QED) is 0.857. The number of amides is 2. The van der Waals surface area contributed by atoms with Crippen LogP contribution in [0.25, 0.3) is 0 Å². The summed E-state index contributed by atoms with van der Waals surface area (Å²) in [4.78, 5) is 32.2. The van der Waals surface area contributed by atoms with Crippen molar-refractivity contribution in [2.75, 3.05) is 19.9 Å². The molecule has 2 atom stereocenters. The molecule has 2 aromatic carbocycles. The van der Waals surface area contributed by atoms with Crippen LogP contribution in [0.3, 0.4) is 0 Å². The van der Waals surface area contributed by atoms with Gasteiger partial charge in [0.05, 0.1) is 0 Å². The number of piperazine rings is 2. The largest absolute Gasteiger partial charge is 0.465 e. The maximum Gasteiger partial charge on any atom is 0.414 e. The first-order chi connectivity index (χ1) is 14.1. The lowest BCUT2D eigenvalue weighted by Crippen LogP contribution is -2.74. The second-order valence-corrected chi connectivity index (χ2v) is 7.15. The summed E-state index contributed by atoms with van der Waals surface area (Å²) in [5.74, 6) is 1.35. The number of fused-ring (bicyclic) bond motifs is 3. The third kappa shape index (κ3) is 2.88. The molecule has 1 N–H and O–H groups in total. The predicted octanol–water partition coefficient (Wildman–Crippen LogP) is 2.30. The van der Waals surface area contributed by atoms with E-state index in [4.69, 9.17) is 9.47 Å². The van der Waals surface area contributed by atoms with Gasteiger partial charge in [-0.05, 0) is 29.7 Å². The van der Waals surface area contributed by atoms with E-state index in [2.05, 4.69) is 4.99 Å². The molecule has 0 radical (unpaired) electrons. The van der Waals surface area contributed by atoms with E-state index in [-0.39, 0.29) is 6.79 Å². The molecule has 4 aliphatic rings. The number of hydrogen-bond donors (Lipinski definition) is 1. The molecular weight excluding hydrogens is 374 g/mol. The van der Waals surface area contributed by atoms with Gasteiger partial charge in [0.1, 0.15) is 17.9 Å². The van der Waals surface area contributed by atoms with Crippen LogP contribution in [-0.2, 0) is 11.2 Å². The zero-order valence-electron chi connectivity index (χ0n) is 15.5. The maximum absolute atomic E-state index is 12.9. The van der Waals surface area contributed by atoms with Crippen LogP contribution in [0, 0.1) is 0 Å². The molecule has 2 unspecified atom stereocenters. The highest BCUT2D eigenvalue weighted by Gasteiger charge is 2.56. The Labute approximate surface area is 167 Å². The number of imide groups is 1. The van der Waals surface area contributed by atoms with Crippen LogP contribution in [0.2, 0.25) is 0 Å². The summed E-state index contributed by atoms with van der Waals surface area (Å²) in [7, 11) is 0. The molecule has 4 heterocycles. The second-order valence-electron chi connectivity index (χ2n) is 7.15. The van der Waals surface area contributed by atoms with E-state index < -0.39 is 24.1 Å². The highest BCUT2D eigenvalue weighted by molar-refractivity contribution is 6.10. The molecule has 29 heavy (non-hydrogen) atoms. The number of carbonyl (C=O) groups excluding carboxylic acids is 1. The fourth-order valence-electron chi connectivity index (χ4n) is 4.07. The van der Waals surface area contributed by atoms with E-state index in [0.29, 0.717) is 36.0 Å². The summed E-state index contributed by atoms with van der Waals surface area (Å²) < 4.78 is 10.7. The maximum atomic E-state index is 12.9. The Hall–Kier alpha value is -3.55. The van der Waals surface area contributed by atoms with Gasteiger partial charge in [-0.15, -0.1) is 0 Å². The van der Waals surface area contributed by atoms with Gasteiger partial charge in [-0.1, -0.05) is 36.4 Å². The van der Waals surface area contributed by atoms with Gasteiger partial charge >= 0.3 is 6.09 Å². The lowest BCUT2D eigenvalue weighted by molar-refractivity contribution is -0.142. The Morgan fingerprint density at radius 3 is 2.72 bits per heavy atom. The topological polar surface area (TPSA) is 91.7 Å². The minimum Gasteiger partial charge on any atom is -0.465 e. The molecule has 0 spiro atoms. The van der Waals surface area contributed by atoms with Crippen molar-refractivity contribution in [3.05, 3.63) is 59.7 Å². The van der Waals surface area contributed by atoms with E-state index in [0.717, 1.165) is 16.9 Å². The standard InChI is InChI=1S/C21H19N3O5/c25-20-18(14-6-7-16-17(10-14)29-12-28-16)23-11-15(24(20)21(26)27)19(23)22-9-8-13-4-2-1-3-5-13/h1-7,10,15,18H,8-9,11-12H2,(H,26,27). The second kappa shape index (κ2) is 6.80. The Kier molecular flexibility index (Phi) is 4.12. The molecule has 2 bridgehead atoms. The van der Waals surface area contributed by atoms with Crippen molar-refractivity contribution >= 4 is 17.8 Å². The highest BCUT2D eigenvalue weighted by Crippen LogP contribution is 2.41. The lowest BCUT2D eigenvalue weighted by atomic mass is 9.90. The Bertz CT molecular complexity index is 1010. The van der Waals surface area contributed by atoms with E-state index in [1.165, 1.54) is 0 Å². The number of amidine groups is 1. The smallest absolute Gasteiger partial charge is 0.414 e. The van der Waals surface area contributed by atoms with Gasteiger partial charge in [0.15, 0.2) is 11.5 Å². The zero-order chi connectivity index (χ0) is 20.0. The fraction of sp³-hybridized carbons (Fsp3) is 0.286. The van der Waals surface area contributed by atoms with Crippen LogP contribution in [0.5, 0.6) is 11.5 Å². The van der Waals surface area contributed by atoms with Gasteiger partial charge in [-0.3, -0.25) is 9.79 Å². The van der Waals surface area contributed by atoms with Gasteiger partial charge in [-0.25, -0.2) is 9.69 Å². The van der Waals surface area contributed by atoms with Crippen LogP contribution in [-0.4, -0.2) is 58.7 Å². The first kappa shape index (κ1) is 17.5. The number of rotatable bonds is 4. The molecule has 2 aromatic rings. The molecule has 2 amide bonds. The van der Waals surface area contributed by atoms with Gasteiger partial charge in [-0.2, -0.15) is 0 Å². The van der Waals surface area contributed by atoms with Crippen molar-refractivity contribution in [1.82, 2.24) is 9.80 Å². The molecule has 3 saturated heterocycles. The van der Waals surface area contributed by atoms with Crippen molar-refractivity contribution in [2.24, 2.45) is 4.99 Å². The minimum absolute atomic E-state index is 0.136. The van der Waals surface area contributed by atoms with Gasteiger partial charge < -0.3 is 19.5 Å². The molecule has 3 fully saturated rings. The third-order valence-corrected chi connectivity index (χ3v) is 5.49. The summed E-state index contributed by atoms with van der Waals surface area (Å²) in [6.07, 6.45) is -0.499. The Morgan fingerprint density at radius 1 is 1.14 bits per heavy atom. The van der Waals surface area contributed by atoms with Crippen LogP contribution in [0.1, 0.15) is 17.2 Å². The SMILES string of the molecule is O=C(O)N1C(=O)C(c2ccc3c(c2)OCO3)N2CC1C2=NCCc1ccccc1. The van der Waals surface area contributed by atoms with Crippen molar-refractivity contribution in [3.63, 3.8) is 0 Å². The number of aliphatic imine (C=N–C) groups is 1. The van der Waals surface area contributed by atoms with Crippen molar-refractivity contribution in [3.8, 4) is 11.5 Å². The molecule has 8 heteroatoms. The predicted molar refractivity (Wildman–Crippen MR) is 103 cm³/mol. The summed E-state index contributed by atoms with van der Waals surface area (Å²) in [5, 5.41) is 9.63. The van der Waals surface area contributed by atoms with Crippen molar-refractivity contribution in [1.29, 1.82) is 0 Å². The fourth-order valence-corrected chi connectivity index (χ4v) is 4.07. The highest BCUT2D eigenvalue weighted by atomic mass is 16.7. The number of carbonyl (C=O) groups is 2. The summed E-state index contributed by atoms with van der Waals surface area (Å²) in [6.45, 7) is 1.11. The molecule has 4 aliphatic heterocycles. The van der Waals surface area contributed by atoms with E-state index in [1.54, 1.807) is 18.2 Å². The average Bonchev–Trinajstić information content (AvgIpc) is 3.19. The molecule has 0 aliphatic carbocycles. The summed E-state index contributed by atoms with van der Waals surface area (Å²) in [6, 6.07) is 14.0. The van der Waals surface area contributed by atoms with E-state index in [9.17, 15) is 14.7 Å². The number of benzene rings is 2. The van der Waals surface area contributed by atoms with Crippen molar-refractivity contribution < 1.29 is 24.2 Å². The summed E-state index contributed by atoms with van der Waals surface area (Å²) in [5.41, 5.74) is 1.83. The Balaban J connectivity index is 1.43. The molecular formula is C21H19N3O5. The van der Waals surface area contributed by atoms with E-state index >= 15 is 0 Å². The van der Waals surface area contributed by atoms with Crippen LogP contribution >= 0.6 is 0 Å². The lowest BCUT2D eigenvalue weighted by Gasteiger charge is -2.54. The third-order valence-electron chi connectivity index (χ3n) is 5.49. The first-order valence-electron chi connectivity index (χ1n) is 9.44. The number of ether oxygens (including phenoxy) is 2. The number of carboxylic acid groups (broad SMARTS) is 1. The number of nitrogens with zero attached hydrogens (tertiary/aromatic N) is 3.